The first-order chi connectivity index (χ1) is 10.7. The second kappa shape index (κ2) is 8.85. The van der Waals surface area contributed by atoms with Crippen LogP contribution in [0, 0.1) is 0 Å². The highest BCUT2D eigenvalue weighted by molar-refractivity contribution is 7.89. The highest BCUT2D eigenvalue weighted by atomic mass is 32.2. The Kier molecular flexibility index (Phi) is 7.46. The maximum atomic E-state index is 11.8. The summed E-state index contributed by atoms with van der Waals surface area (Å²) in [6.45, 7) is -1.85. The number of rotatable bonds is 9. The van der Waals surface area contributed by atoms with E-state index in [4.69, 9.17) is 0 Å². The van der Waals surface area contributed by atoms with E-state index in [0.29, 0.717) is 0 Å². The van der Waals surface area contributed by atoms with E-state index in [1.165, 1.54) is 12.1 Å². The van der Waals surface area contributed by atoms with E-state index in [-0.39, 0.29) is 31.0 Å². The van der Waals surface area contributed by atoms with Crippen molar-refractivity contribution in [2.24, 2.45) is 0 Å². The first-order valence-electron chi connectivity index (χ1n) is 6.66. The van der Waals surface area contributed by atoms with E-state index in [2.05, 4.69) is 14.8 Å². The molecule has 1 rings (SSSR count). The Morgan fingerprint density at radius 3 is 2.39 bits per heavy atom. The standard InChI is InChI=1S/C13H17F3N2O4S/c14-13(15,16)10-22-9-8-17-12(19)6-7-18-23(20,21)11-4-2-1-3-5-11/h1-5,18H,6-10H2,(H,17,19). The van der Waals surface area contributed by atoms with Gasteiger partial charge in [-0.25, -0.2) is 13.1 Å². The van der Waals surface area contributed by atoms with E-state index in [9.17, 15) is 26.4 Å². The van der Waals surface area contributed by atoms with Gasteiger partial charge < -0.3 is 10.1 Å². The smallest absolute Gasteiger partial charge is 0.370 e. The summed E-state index contributed by atoms with van der Waals surface area (Å²) in [6, 6.07) is 7.65. The van der Waals surface area contributed by atoms with Gasteiger partial charge in [-0.3, -0.25) is 4.79 Å². The van der Waals surface area contributed by atoms with Crippen LogP contribution in [-0.4, -0.2) is 46.8 Å². The second-order valence-corrected chi connectivity index (χ2v) is 6.25. The Labute approximate surface area is 132 Å². The third kappa shape index (κ3) is 8.53. The van der Waals surface area contributed by atoms with Gasteiger partial charge in [0.25, 0.3) is 0 Å². The predicted molar refractivity (Wildman–Crippen MR) is 76.1 cm³/mol. The molecule has 6 nitrogen and oxygen atoms in total. The van der Waals surface area contributed by atoms with Crippen molar-refractivity contribution in [3.05, 3.63) is 30.3 Å². The maximum absolute atomic E-state index is 11.8. The van der Waals surface area contributed by atoms with Gasteiger partial charge in [-0.05, 0) is 12.1 Å². The fourth-order valence-corrected chi connectivity index (χ4v) is 2.57. The lowest BCUT2D eigenvalue weighted by atomic mass is 10.4. The van der Waals surface area contributed by atoms with Crippen LogP contribution in [-0.2, 0) is 19.6 Å². The molecular formula is C13H17F3N2O4S. The molecule has 0 atom stereocenters. The number of benzene rings is 1. The molecule has 0 saturated carbocycles. The number of hydrogen-bond acceptors (Lipinski definition) is 4. The van der Waals surface area contributed by atoms with Crippen LogP contribution in [0.4, 0.5) is 13.2 Å². The largest absolute Gasteiger partial charge is 0.411 e. The lowest BCUT2D eigenvalue weighted by Crippen LogP contribution is -2.32. The number of sulfonamides is 1. The average molecular weight is 354 g/mol. The lowest BCUT2D eigenvalue weighted by Gasteiger charge is -2.09. The average Bonchev–Trinajstić information content (AvgIpc) is 2.46. The molecule has 0 fully saturated rings. The zero-order chi connectivity index (χ0) is 17.3. The molecule has 0 saturated heterocycles. The molecule has 0 aromatic heterocycles. The van der Waals surface area contributed by atoms with Crippen molar-refractivity contribution in [1.82, 2.24) is 10.0 Å². The SMILES string of the molecule is O=C(CCNS(=O)(=O)c1ccccc1)NCCOCC(F)(F)F. The molecular weight excluding hydrogens is 337 g/mol. The van der Waals surface area contributed by atoms with E-state index in [0.717, 1.165) is 0 Å². The maximum Gasteiger partial charge on any atom is 0.411 e. The van der Waals surface area contributed by atoms with Crippen LogP contribution in [0.3, 0.4) is 0 Å². The van der Waals surface area contributed by atoms with Crippen molar-refractivity contribution in [3.63, 3.8) is 0 Å². The molecule has 1 amide bonds. The number of amides is 1. The number of carbonyl (C=O) groups excluding carboxylic acids is 1. The fraction of sp³-hybridized carbons (Fsp3) is 0.462. The van der Waals surface area contributed by atoms with Crippen molar-refractivity contribution in [2.75, 3.05) is 26.3 Å². The van der Waals surface area contributed by atoms with Crippen molar-refractivity contribution in [1.29, 1.82) is 0 Å². The topological polar surface area (TPSA) is 84.5 Å². The number of hydrogen-bond donors (Lipinski definition) is 2. The summed E-state index contributed by atoms with van der Waals surface area (Å²) in [5.74, 6) is -0.489. The quantitative estimate of drug-likeness (QED) is 0.649. The van der Waals surface area contributed by atoms with Crippen LogP contribution >= 0.6 is 0 Å². The van der Waals surface area contributed by atoms with Gasteiger partial charge in [0.2, 0.25) is 15.9 Å². The summed E-state index contributed by atoms with van der Waals surface area (Å²) in [6.07, 6.45) is -4.54. The normalized spacial score (nSPS) is 12.1. The van der Waals surface area contributed by atoms with Gasteiger partial charge >= 0.3 is 6.18 Å². The van der Waals surface area contributed by atoms with Gasteiger partial charge in [0.1, 0.15) is 6.61 Å². The third-order valence-electron chi connectivity index (χ3n) is 2.53. The minimum absolute atomic E-state index is 0.0830. The first kappa shape index (κ1) is 19.4. The highest BCUT2D eigenvalue weighted by Crippen LogP contribution is 2.13. The van der Waals surface area contributed by atoms with Crippen molar-refractivity contribution >= 4 is 15.9 Å². The predicted octanol–water partition coefficient (Wildman–Crippen LogP) is 1.05. The van der Waals surface area contributed by atoms with Crippen LogP contribution in [0.2, 0.25) is 0 Å². The van der Waals surface area contributed by atoms with Gasteiger partial charge in [0, 0.05) is 19.5 Å². The summed E-state index contributed by atoms with van der Waals surface area (Å²) in [5, 5.41) is 2.33. The Morgan fingerprint density at radius 2 is 1.78 bits per heavy atom. The van der Waals surface area contributed by atoms with Gasteiger partial charge in [-0.1, -0.05) is 18.2 Å². The van der Waals surface area contributed by atoms with E-state index >= 15 is 0 Å². The minimum Gasteiger partial charge on any atom is -0.370 e. The zero-order valence-electron chi connectivity index (χ0n) is 12.1. The molecule has 2 N–H and O–H groups in total. The molecule has 0 heterocycles. The molecule has 0 unspecified atom stereocenters. The molecule has 10 heteroatoms. The van der Waals surface area contributed by atoms with Gasteiger partial charge in [-0.15, -0.1) is 0 Å². The number of ether oxygens (including phenoxy) is 1. The van der Waals surface area contributed by atoms with Gasteiger partial charge in [0.05, 0.1) is 11.5 Å². The summed E-state index contributed by atoms with van der Waals surface area (Å²) < 4.78 is 65.6. The van der Waals surface area contributed by atoms with Crippen LogP contribution in [0.25, 0.3) is 0 Å². The Bertz CT molecular complexity index is 591. The van der Waals surface area contributed by atoms with Crippen LogP contribution in [0.1, 0.15) is 6.42 Å². The highest BCUT2D eigenvalue weighted by Gasteiger charge is 2.27. The number of nitrogens with one attached hydrogen (secondary N) is 2. The summed E-state index contributed by atoms with van der Waals surface area (Å²) >= 11 is 0. The van der Waals surface area contributed by atoms with Gasteiger partial charge in [0.15, 0.2) is 0 Å². The molecule has 130 valence electrons. The van der Waals surface area contributed by atoms with E-state index in [1.54, 1.807) is 18.2 Å². The minimum atomic E-state index is -4.40. The molecule has 0 bridgehead atoms. The first-order valence-corrected chi connectivity index (χ1v) is 8.15. The molecule has 0 aliphatic heterocycles. The van der Waals surface area contributed by atoms with Crippen LogP contribution in [0.5, 0.6) is 0 Å². The molecule has 0 aliphatic carbocycles. The van der Waals surface area contributed by atoms with E-state index in [1.807, 2.05) is 0 Å². The summed E-state index contributed by atoms with van der Waals surface area (Å²) in [4.78, 5) is 11.5. The third-order valence-corrected chi connectivity index (χ3v) is 4.01. The monoisotopic (exact) mass is 354 g/mol. The van der Waals surface area contributed by atoms with Gasteiger partial charge in [-0.2, -0.15) is 13.2 Å². The number of alkyl halides is 3. The Balaban J connectivity index is 2.19. The van der Waals surface area contributed by atoms with Crippen molar-refractivity contribution in [2.45, 2.75) is 17.5 Å². The molecule has 23 heavy (non-hydrogen) atoms. The molecule has 1 aromatic carbocycles. The number of carbonyl (C=O) groups is 1. The molecule has 0 spiro atoms. The molecule has 0 radical (unpaired) electrons. The summed E-state index contributed by atoms with van der Waals surface area (Å²) in [5.41, 5.74) is 0. The van der Waals surface area contributed by atoms with Crippen molar-refractivity contribution < 1.29 is 31.1 Å². The van der Waals surface area contributed by atoms with Crippen LogP contribution < -0.4 is 10.0 Å². The Hall–Kier alpha value is -1.65. The lowest BCUT2D eigenvalue weighted by molar-refractivity contribution is -0.173. The van der Waals surface area contributed by atoms with E-state index < -0.39 is 28.7 Å². The molecule has 1 aromatic rings. The van der Waals surface area contributed by atoms with Crippen LogP contribution in [0.15, 0.2) is 35.2 Å². The zero-order valence-corrected chi connectivity index (χ0v) is 12.9. The van der Waals surface area contributed by atoms with Crippen molar-refractivity contribution in [3.8, 4) is 0 Å². The summed E-state index contributed by atoms with van der Waals surface area (Å²) in [7, 11) is -3.68. The number of halogens is 3. The fourth-order valence-electron chi connectivity index (χ4n) is 1.52. The Morgan fingerprint density at radius 1 is 1.13 bits per heavy atom. The second-order valence-electron chi connectivity index (χ2n) is 4.48. The molecule has 0 aliphatic rings.